The molecule has 5 nitrogen and oxygen atoms in total. The molecule has 152 valence electrons. The van der Waals surface area contributed by atoms with Crippen LogP contribution in [0.4, 0.5) is 0 Å². The summed E-state index contributed by atoms with van der Waals surface area (Å²) in [7, 11) is 0. The quantitative estimate of drug-likeness (QED) is 0.653. The molecule has 0 fully saturated rings. The van der Waals surface area contributed by atoms with Crippen molar-refractivity contribution >= 4 is 11.8 Å². The molecule has 0 saturated heterocycles. The molecule has 0 bridgehead atoms. The second kappa shape index (κ2) is 8.91. The Balaban J connectivity index is 1.50. The summed E-state index contributed by atoms with van der Waals surface area (Å²) in [5, 5.41) is 0. The van der Waals surface area contributed by atoms with Crippen LogP contribution in [-0.2, 0) is 19.5 Å². The van der Waals surface area contributed by atoms with Gasteiger partial charge in [0.05, 0.1) is 11.1 Å². The maximum Gasteiger partial charge on any atom is 0.255 e. The standard InChI is InChI=1S/C25H25N3O2/c1-2-27(17-19-8-4-3-5-9-19)24(29)22-14-23(16-26-15-22)25(30)28-13-12-20-10-6-7-11-21(20)18-28/h3-11,14-16H,2,12-13,17-18H2,1H3. The number of rotatable bonds is 5. The molecule has 0 saturated carbocycles. The average Bonchev–Trinajstić information content (AvgIpc) is 2.82. The van der Waals surface area contributed by atoms with Gasteiger partial charge in [-0.05, 0) is 36.1 Å². The third-order valence-electron chi connectivity index (χ3n) is 5.54. The average molecular weight is 399 g/mol. The molecule has 0 radical (unpaired) electrons. The van der Waals surface area contributed by atoms with E-state index in [1.165, 1.54) is 17.3 Å². The second-order valence-corrected chi connectivity index (χ2v) is 7.51. The van der Waals surface area contributed by atoms with Gasteiger partial charge in [-0.1, -0.05) is 54.6 Å². The predicted octanol–water partition coefficient (Wildman–Crippen LogP) is 3.94. The molecule has 5 heteroatoms. The first kappa shape index (κ1) is 19.8. The maximum absolute atomic E-state index is 13.1. The number of fused-ring (bicyclic) bond motifs is 1. The summed E-state index contributed by atoms with van der Waals surface area (Å²) in [5.74, 6) is -0.203. The molecule has 1 aliphatic rings. The Morgan fingerprint density at radius 1 is 0.967 bits per heavy atom. The van der Waals surface area contributed by atoms with Gasteiger partial charge < -0.3 is 9.80 Å². The van der Waals surface area contributed by atoms with Gasteiger partial charge in [0.1, 0.15) is 0 Å². The van der Waals surface area contributed by atoms with Gasteiger partial charge in [-0.2, -0.15) is 0 Å². The molecular formula is C25H25N3O2. The van der Waals surface area contributed by atoms with Crippen LogP contribution in [0.2, 0.25) is 0 Å². The van der Waals surface area contributed by atoms with Crippen molar-refractivity contribution in [1.82, 2.24) is 14.8 Å². The number of hydrogen-bond donors (Lipinski definition) is 0. The lowest BCUT2D eigenvalue weighted by Gasteiger charge is -2.29. The van der Waals surface area contributed by atoms with E-state index >= 15 is 0 Å². The molecule has 30 heavy (non-hydrogen) atoms. The number of carbonyl (C=O) groups excluding carboxylic acids is 2. The van der Waals surface area contributed by atoms with Crippen molar-refractivity contribution in [1.29, 1.82) is 0 Å². The predicted molar refractivity (Wildman–Crippen MR) is 116 cm³/mol. The smallest absolute Gasteiger partial charge is 0.255 e. The third kappa shape index (κ3) is 4.25. The molecular weight excluding hydrogens is 374 g/mol. The summed E-state index contributed by atoms with van der Waals surface area (Å²) >= 11 is 0. The van der Waals surface area contributed by atoms with E-state index < -0.39 is 0 Å². The van der Waals surface area contributed by atoms with Crippen LogP contribution in [0.15, 0.2) is 73.1 Å². The third-order valence-corrected chi connectivity index (χ3v) is 5.54. The van der Waals surface area contributed by atoms with Gasteiger partial charge >= 0.3 is 0 Å². The van der Waals surface area contributed by atoms with Gasteiger partial charge in [-0.15, -0.1) is 0 Å². The van der Waals surface area contributed by atoms with Crippen molar-refractivity contribution in [2.75, 3.05) is 13.1 Å². The van der Waals surface area contributed by atoms with Crippen molar-refractivity contribution < 1.29 is 9.59 Å². The van der Waals surface area contributed by atoms with Crippen LogP contribution in [0.25, 0.3) is 0 Å². The van der Waals surface area contributed by atoms with Crippen molar-refractivity contribution in [2.45, 2.75) is 26.4 Å². The molecule has 2 amide bonds. The lowest BCUT2D eigenvalue weighted by atomic mass is 9.99. The van der Waals surface area contributed by atoms with E-state index in [9.17, 15) is 9.59 Å². The normalized spacial score (nSPS) is 12.9. The topological polar surface area (TPSA) is 53.5 Å². The molecule has 1 aromatic heterocycles. The number of benzene rings is 2. The Bertz CT molecular complexity index is 1020. The van der Waals surface area contributed by atoms with Crippen LogP contribution in [0.5, 0.6) is 0 Å². The summed E-state index contributed by atoms with van der Waals surface area (Å²) in [4.78, 5) is 33.9. The molecule has 1 aliphatic heterocycles. The largest absolute Gasteiger partial charge is 0.335 e. The minimum absolute atomic E-state index is 0.0854. The van der Waals surface area contributed by atoms with Crippen LogP contribution < -0.4 is 0 Å². The molecule has 0 unspecified atom stereocenters. The van der Waals surface area contributed by atoms with Crippen LogP contribution in [0.3, 0.4) is 0 Å². The molecule has 3 aromatic rings. The van der Waals surface area contributed by atoms with E-state index in [1.807, 2.05) is 54.3 Å². The number of nitrogens with zero attached hydrogens (tertiary/aromatic N) is 3. The SMILES string of the molecule is CCN(Cc1ccccc1)C(=O)c1cncc(C(=O)N2CCc3ccccc3C2)c1. The van der Waals surface area contributed by atoms with E-state index in [0.717, 1.165) is 12.0 Å². The van der Waals surface area contributed by atoms with Crippen LogP contribution >= 0.6 is 0 Å². The summed E-state index contributed by atoms with van der Waals surface area (Å²) < 4.78 is 0. The number of hydrogen-bond acceptors (Lipinski definition) is 3. The lowest BCUT2D eigenvalue weighted by Crippen LogP contribution is -2.36. The number of aromatic nitrogens is 1. The van der Waals surface area contributed by atoms with Gasteiger partial charge in [0.25, 0.3) is 11.8 Å². The summed E-state index contributed by atoms with van der Waals surface area (Å²) in [6, 6.07) is 19.8. The van der Waals surface area contributed by atoms with Gasteiger partial charge in [-0.3, -0.25) is 14.6 Å². The number of amides is 2. The highest BCUT2D eigenvalue weighted by Gasteiger charge is 2.23. The number of carbonyl (C=O) groups is 2. The van der Waals surface area contributed by atoms with E-state index in [2.05, 4.69) is 17.1 Å². The summed E-state index contributed by atoms with van der Waals surface area (Å²) in [5.41, 5.74) is 4.44. The molecule has 4 rings (SSSR count). The highest BCUT2D eigenvalue weighted by atomic mass is 16.2. The fourth-order valence-corrected chi connectivity index (χ4v) is 3.84. The van der Waals surface area contributed by atoms with E-state index in [0.29, 0.717) is 37.3 Å². The van der Waals surface area contributed by atoms with Crippen LogP contribution in [-0.4, -0.2) is 39.7 Å². The van der Waals surface area contributed by atoms with E-state index in [-0.39, 0.29) is 11.8 Å². The number of pyridine rings is 1. The Kier molecular flexibility index (Phi) is 5.89. The zero-order valence-electron chi connectivity index (χ0n) is 17.1. The van der Waals surface area contributed by atoms with E-state index in [4.69, 9.17) is 0 Å². The van der Waals surface area contributed by atoms with Crippen molar-refractivity contribution in [2.24, 2.45) is 0 Å². The first-order valence-electron chi connectivity index (χ1n) is 10.3. The fourth-order valence-electron chi connectivity index (χ4n) is 3.84. The Morgan fingerprint density at radius 2 is 1.67 bits per heavy atom. The monoisotopic (exact) mass is 399 g/mol. The first-order chi connectivity index (χ1) is 14.7. The Hall–Kier alpha value is -3.47. The fraction of sp³-hybridized carbons (Fsp3) is 0.240. The van der Waals surface area contributed by atoms with Gasteiger partial charge in [0.2, 0.25) is 0 Å². The zero-order chi connectivity index (χ0) is 20.9. The molecule has 0 spiro atoms. The summed E-state index contributed by atoms with van der Waals surface area (Å²) in [6.07, 6.45) is 3.93. The van der Waals surface area contributed by atoms with Gasteiger partial charge in [0.15, 0.2) is 0 Å². The van der Waals surface area contributed by atoms with Gasteiger partial charge in [0, 0.05) is 38.6 Å². The maximum atomic E-state index is 13.1. The van der Waals surface area contributed by atoms with Crippen LogP contribution in [0, 0.1) is 0 Å². The molecule has 0 atom stereocenters. The van der Waals surface area contributed by atoms with E-state index in [1.54, 1.807) is 17.2 Å². The summed E-state index contributed by atoms with van der Waals surface area (Å²) in [6.45, 7) is 4.31. The first-order valence-corrected chi connectivity index (χ1v) is 10.3. The van der Waals surface area contributed by atoms with Crippen molar-refractivity contribution in [3.63, 3.8) is 0 Å². The molecule has 0 aliphatic carbocycles. The minimum Gasteiger partial charge on any atom is -0.335 e. The highest BCUT2D eigenvalue weighted by Crippen LogP contribution is 2.20. The molecule has 2 heterocycles. The van der Waals surface area contributed by atoms with Crippen LogP contribution in [0.1, 0.15) is 44.3 Å². The molecule has 2 aromatic carbocycles. The molecule has 0 N–H and O–H groups in total. The highest BCUT2D eigenvalue weighted by molar-refractivity contribution is 5.99. The second-order valence-electron chi connectivity index (χ2n) is 7.51. The van der Waals surface area contributed by atoms with Crippen molar-refractivity contribution in [3.8, 4) is 0 Å². The zero-order valence-corrected chi connectivity index (χ0v) is 17.1. The van der Waals surface area contributed by atoms with Gasteiger partial charge in [-0.25, -0.2) is 0 Å². The van der Waals surface area contributed by atoms with Crippen molar-refractivity contribution in [3.05, 3.63) is 101 Å². The lowest BCUT2D eigenvalue weighted by molar-refractivity contribution is 0.0734. The minimum atomic E-state index is -0.118. The Morgan fingerprint density at radius 3 is 2.43 bits per heavy atom. The Labute approximate surface area is 177 Å².